The van der Waals surface area contributed by atoms with Gasteiger partial charge in [0.05, 0.1) is 10.1 Å². The topological polar surface area (TPSA) is 50.3 Å². The van der Waals surface area contributed by atoms with Crippen molar-refractivity contribution >= 4 is 15.7 Å². The van der Waals surface area contributed by atoms with Gasteiger partial charge in [-0.05, 0) is 26.0 Å². The standard InChI is InChI=1S/C10H16N2O2S/c1-8(2)15(13,14)9-5-6-10(11-7-9)12(3)4/h5-8H,1-4H3. The third-order valence-electron chi connectivity index (χ3n) is 2.13. The molecule has 84 valence electrons. The average Bonchev–Trinajstić information content (AvgIpc) is 2.17. The predicted octanol–water partition coefficient (Wildman–Crippen LogP) is 1.33. The van der Waals surface area contributed by atoms with Gasteiger partial charge in [-0.15, -0.1) is 0 Å². The summed E-state index contributed by atoms with van der Waals surface area (Å²) < 4.78 is 23.5. The largest absolute Gasteiger partial charge is 0.363 e. The quantitative estimate of drug-likeness (QED) is 0.783. The van der Waals surface area contributed by atoms with Gasteiger partial charge in [0.1, 0.15) is 5.82 Å². The highest BCUT2D eigenvalue weighted by molar-refractivity contribution is 7.92. The number of hydrogen-bond acceptors (Lipinski definition) is 4. The number of nitrogens with zero attached hydrogens (tertiary/aromatic N) is 2. The molecule has 1 aromatic rings. The number of sulfone groups is 1. The van der Waals surface area contributed by atoms with Gasteiger partial charge in [0, 0.05) is 20.3 Å². The molecule has 0 amide bonds. The van der Waals surface area contributed by atoms with E-state index in [0.717, 1.165) is 5.82 Å². The zero-order chi connectivity index (χ0) is 11.6. The van der Waals surface area contributed by atoms with Crippen molar-refractivity contribution < 1.29 is 8.42 Å². The van der Waals surface area contributed by atoms with Crippen molar-refractivity contribution in [2.45, 2.75) is 24.0 Å². The SMILES string of the molecule is CC(C)S(=O)(=O)c1ccc(N(C)C)nc1. The van der Waals surface area contributed by atoms with Crippen LogP contribution in [0.15, 0.2) is 23.2 Å². The average molecular weight is 228 g/mol. The molecule has 0 fully saturated rings. The second kappa shape index (κ2) is 4.18. The van der Waals surface area contributed by atoms with E-state index in [1.54, 1.807) is 26.0 Å². The summed E-state index contributed by atoms with van der Waals surface area (Å²) in [5.74, 6) is 0.748. The minimum absolute atomic E-state index is 0.281. The normalized spacial score (nSPS) is 11.8. The molecule has 0 spiro atoms. The van der Waals surface area contributed by atoms with Gasteiger partial charge >= 0.3 is 0 Å². The fourth-order valence-electron chi connectivity index (χ4n) is 1.08. The molecule has 15 heavy (non-hydrogen) atoms. The van der Waals surface area contributed by atoms with Gasteiger partial charge in [-0.25, -0.2) is 13.4 Å². The van der Waals surface area contributed by atoms with E-state index in [-0.39, 0.29) is 4.90 Å². The van der Waals surface area contributed by atoms with Crippen molar-refractivity contribution in [1.29, 1.82) is 0 Å². The first-order valence-electron chi connectivity index (χ1n) is 4.73. The van der Waals surface area contributed by atoms with Gasteiger partial charge in [-0.3, -0.25) is 0 Å². The van der Waals surface area contributed by atoms with Crippen LogP contribution in [-0.4, -0.2) is 32.7 Å². The molecule has 0 atom stereocenters. The summed E-state index contributed by atoms with van der Waals surface area (Å²) in [5, 5.41) is -0.412. The third-order valence-corrected chi connectivity index (χ3v) is 4.27. The van der Waals surface area contributed by atoms with Crippen LogP contribution in [0.5, 0.6) is 0 Å². The maximum absolute atomic E-state index is 11.8. The van der Waals surface area contributed by atoms with Crippen LogP contribution in [-0.2, 0) is 9.84 Å². The lowest BCUT2D eigenvalue weighted by Gasteiger charge is -2.12. The second-order valence-corrected chi connectivity index (χ2v) is 6.34. The minimum atomic E-state index is -3.20. The van der Waals surface area contributed by atoms with E-state index in [4.69, 9.17) is 0 Å². The Labute approximate surface area is 90.9 Å². The van der Waals surface area contributed by atoms with Gasteiger partial charge in [0.15, 0.2) is 9.84 Å². The van der Waals surface area contributed by atoms with E-state index in [1.807, 2.05) is 19.0 Å². The Morgan fingerprint density at radius 1 is 1.27 bits per heavy atom. The van der Waals surface area contributed by atoms with E-state index in [0.29, 0.717) is 0 Å². The molecular formula is C10H16N2O2S. The van der Waals surface area contributed by atoms with Crippen LogP contribution in [0.3, 0.4) is 0 Å². The maximum atomic E-state index is 11.8. The summed E-state index contributed by atoms with van der Waals surface area (Å²) >= 11 is 0. The Morgan fingerprint density at radius 2 is 1.87 bits per heavy atom. The highest BCUT2D eigenvalue weighted by Crippen LogP contribution is 2.16. The highest BCUT2D eigenvalue weighted by Gasteiger charge is 2.19. The van der Waals surface area contributed by atoms with E-state index in [2.05, 4.69) is 4.98 Å². The number of rotatable bonds is 3. The fourth-order valence-corrected chi connectivity index (χ4v) is 2.08. The molecule has 4 nitrogen and oxygen atoms in total. The number of hydrogen-bond donors (Lipinski definition) is 0. The molecule has 1 aromatic heterocycles. The summed E-state index contributed by atoms with van der Waals surface area (Å²) in [6.07, 6.45) is 1.41. The van der Waals surface area contributed by atoms with Crippen LogP contribution < -0.4 is 4.90 Å². The van der Waals surface area contributed by atoms with Crippen molar-refractivity contribution in [3.63, 3.8) is 0 Å². The highest BCUT2D eigenvalue weighted by atomic mass is 32.2. The van der Waals surface area contributed by atoms with Gasteiger partial charge in [0.2, 0.25) is 0 Å². The van der Waals surface area contributed by atoms with Crippen LogP contribution in [0.2, 0.25) is 0 Å². The smallest absolute Gasteiger partial charge is 0.182 e. The summed E-state index contributed by atoms with van der Waals surface area (Å²) in [5.41, 5.74) is 0. The number of aromatic nitrogens is 1. The molecule has 1 heterocycles. The summed E-state index contributed by atoms with van der Waals surface area (Å²) in [6.45, 7) is 3.32. The molecule has 0 aliphatic rings. The van der Waals surface area contributed by atoms with Crippen molar-refractivity contribution in [2.75, 3.05) is 19.0 Å². The number of pyridine rings is 1. The molecule has 5 heteroatoms. The molecule has 0 bridgehead atoms. The summed E-state index contributed by atoms with van der Waals surface area (Å²) in [7, 11) is 0.520. The Kier molecular flexibility index (Phi) is 3.34. The van der Waals surface area contributed by atoms with Gasteiger partial charge in [0.25, 0.3) is 0 Å². The first-order valence-corrected chi connectivity index (χ1v) is 6.27. The first-order chi connectivity index (χ1) is 6.85. The zero-order valence-corrected chi connectivity index (χ0v) is 10.2. The lowest BCUT2D eigenvalue weighted by atomic mass is 10.4. The molecule has 0 saturated carbocycles. The van der Waals surface area contributed by atoms with E-state index < -0.39 is 15.1 Å². The van der Waals surface area contributed by atoms with Gasteiger partial charge < -0.3 is 4.90 Å². The lowest BCUT2D eigenvalue weighted by Crippen LogP contribution is -2.15. The lowest BCUT2D eigenvalue weighted by molar-refractivity contribution is 0.587. The van der Waals surface area contributed by atoms with Crippen LogP contribution in [0.1, 0.15) is 13.8 Å². The third kappa shape index (κ3) is 2.47. The van der Waals surface area contributed by atoms with E-state index >= 15 is 0 Å². The molecule has 0 saturated heterocycles. The molecule has 0 aromatic carbocycles. The molecule has 0 aliphatic heterocycles. The Hall–Kier alpha value is -1.10. The predicted molar refractivity (Wildman–Crippen MR) is 60.9 cm³/mol. The zero-order valence-electron chi connectivity index (χ0n) is 9.43. The van der Waals surface area contributed by atoms with Crippen LogP contribution in [0, 0.1) is 0 Å². The van der Waals surface area contributed by atoms with E-state index in [9.17, 15) is 8.42 Å². The monoisotopic (exact) mass is 228 g/mol. The number of anilines is 1. The van der Waals surface area contributed by atoms with Crippen molar-refractivity contribution in [2.24, 2.45) is 0 Å². The van der Waals surface area contributed by atoms with Crippen LogP contribution in [0.4, 0.5) is 5.82 Å². The Bertz CT molecular complexity index is 421. The van der Waals surface area contributed by atoms with Crippen LogP contribution >= 0.6 is 0 Å². The van der Waals surface area contributed by atoms with Crippen molar-refractivity contribution in [1.82, 2.24) is 4.98 Å². The minimum Gasteiger partial charge on any atom is -0.363 e. The molecule has 0 N–H and O–H groups in total. The summed E-state index contributed by atoms with van der Waals surface area (Å²) in [4.78, 5) is 6.18. The van der Waals surface area contributed by atoms with Gasteiger partial charge in [-0.2, -0.15) is 0 Å². The van der Waals surface area contributed by atoms with Crippen LogP contribution in [0.25, 0.3) is 0 Å². The molecular weight excluding hydrogens is 212 g/mol. The Morgan fingerprint density at radius 3 is 2.20 bits per heavy atom. The fraction of sp³-hybridized carbons (Fsp3) is 0.500. The Balaban J connectivity index is 3.10. The van der Waals surface area contributed by atoms with E-state index in [1.165, 1.54) is 6.20 Å². The molecule has 1 rings (SSSR count). The second-order valence-electron chi connectivity index (χ2n) is 3.84. The van der Waals surface area contributed by atoms with Crippen molar-refractivity contribution in [3.8, 4) is 0 Å². The molecule has 0 aliphatic carbocycles. The van der Waals surface area contributed by atoms with Gasteiger partial charge in [-0.1, -0.05) is 0 Å². The molecule has 0 unspecified atom stereocenters. The summed E-state index contributed by atoms with van der Waals surface area (Å²) in [6, 6.07) is 3.30. The maximum Gasteiger partial charge on any atom is 0.182 e. The van der Waals surface area contributed by atoms with Crippen molar-refractivity contribution in [3.05, 3.63) is 18.3 Å². The first kappa shape index (κ1) is 12.0. The molecule has 0 radical (unpaired) electrons.